The molecule has 0 saturated carbocycles. The van der Waals surface area contributed by atoms with Crippen LogP contribution in [0.2, 0.25) is 10.0 Å². The van der Waals surface area contributed by atoms with Crippen LogP contribution in [0.25, 0.3) is 0 Å². The third kappa shape index (κ3) is 3.45. The molecule has 0 bridgehead atoms. The van der Waals surface area contributed by atoms with Gasteiger partial charge in [0.25, 0.3) is 0 Å². The first-order valence-corrected chi connectivity index (χ1v) is 7.31. The van der Waals surface area contributed by atoms with Gasteiger partial charge in [-0.25, -0.2) is 0 Å². The Kier molecular flexibility index (Phi) is 5.30. The smallest absolute Gasteiger partial charge is 0.124 e. The van der Waals surface area contributed by atoms with Gasteiger partial charge >= 0.3 is 0 Å². The summed E-state index contributed by atoms with van der Waals surface area (Å²) >= 11 is 12.1. The highest BCUT2D eigenvalue weighted by molar-refractivity contribution is 6.35. The predicted molar refractivity (Wildman–Crippen MR) is 84.7 cm³/mol. The monoisotopic (exact) mass is 309 g/mol. The van der Waals surface area contributed by atoms with Crippen LogP contribution in [0.3, 0.4) is 0 Å². The number of benzene rings is 2. The third-order valence-corrected chi connectivity index (χ3v) is 3.58. The minimum Gasteiger partial charge on any atom is -0.493 e. The van der Waals surface area contributed by atoms with Crippen molar-refractivity contribution in [1.82, 2.24) is 0 Å². The second-order valence-electron chi connectivity index (χ2n) is 4.53. The molecule has 0 saturated heterocycles. The van der Waals surface area contributed by atoms with E-state index in [0.29, 0.717) is 16.7 Å². The van der Waals surface area contributed by atoms with Gasteiger partial charge in [0.15, 0.2) is 0 Å². The van der Waals surface area contributed by atoms with Crippen LogP contribution in [0.1, 0.15) is 30.5 Å². The van der Waals surface area contributed by atoms with E-state index in [-0.39, 0.29) is 6.04 Å². The maximum atomic E-state index is 6.33. The molecule has 0 aliphatic heterocycles. The number of rotatable bonds is 5. The summed E-state index contributed by atoms with van der Waals surface area (Å²) in [5.41, 5.74) is 8.09. The molecular formula is C16H17Cl2NO. The fourth-order valence-corrected chi connectivity index (χ4v) is 2.53. The zero-order valence-electron chi connectivity index (χ0n) is 11.3. The molecule has 0 aromatic heterocycles. The van der Waals surface area contributed by atoms with E-state index in [0.717, 1.165) is 23.3 Å². The van der Waals surface area contributed by atoms with Crippen molar-refractivity contribution in [3.8, 4) is 5.75 Å². The number of halogens is 2. The SMILES string of the molecule is CCCOc1ccccc1C(N)c1ccc(Cl)cc1Cl. The molecule has 0 fully saturated rings. The van der Waals surface area contributed by atoms with Gasteiger partial charge in [-0.05, 0) is 30.2 Å². The zero-order valence-corrected chi connectivity index (χ0v) is 12.8. The summed E-state index contributed by atoms with van der Waals surface area (Å²) in [6.07, 6.45) is 0.950. The van der Waals surface area contributed by atoms with Gasteiger partial charge in [-0.1, -0.05) is 54.4 Å². The number of nitrogens with two attached hydrogens (primary N) is 1. The lowest BCUT2D eigenvalue weighted by Crippen LogP contribution is -2.14. The molecule has 0 heterocycles. The molecule has 0 amide bonds. The minimum atomic E-state index is -0.340. The van der Waals surface area contributed by atoms with Crippen molar-refractivity contribution in [2.24, 2.45) is 5.73 Å². The molecule has 0 radical (unpaired) electrons. The predicted octanol–water partition coefficient (Wildman–Crippen LogP) is 4.83. The molecule has 2 nitrogen and oxygen atoms in total. The van der Waals surface area contributed by atoms with Crippen LogP contribution in [0, 0.1) is 0 Å². The largest absolute Gasteiger partial charge is 0.493 e. The quantitative estimate of drug-likeness (QED) is 0.858. The van der Waals surface area contributed by atoms with Crippen molar-refractivity contribution < 1.29 is 4.74 Å². The van der Waals surface area contributed by atoms with Crippen molar-refractivity contribution in [2.75, 3.05) is 6.61 Å². The summed E-state index contributed by atoms with van der Waals surface area (Å²) in [5.74, 6) is 0.799. The van der Waals surface area contributed by atoms with Gasteiger partial charge in [0.05, 0.1) is 12.6 Å². The molecule has 106 valence electrons. The first-order valence-electron chi connectivity index (χ1n) is 6.55. The van der Waals surface area contributed by atoms with Gasteiger partial charge < -0.3 is 10.5 Å². The normalized spacial score (nSPS) is 12.2. The van der Waals surface area contributed by atoms with Crippen LogP contribution in [-0.4, -0.2) is 6.61 Å². The molecule has 20 heavy (non-hydrogen) atoms. The number of hydrogen-bond donors (Lipinski definition) is 1. The molecule has 1 unspecified atom stereocenters. The Labute approximate surface area is 129 Å². The van der Waals surface area contributed by atoms with Crippen molar-refractivity contribution in [3.63, 3.8) is 0 Å². The van der Waals surface area contributed by atoms with Crippen molar-refractivity contribution in [2.45, 2.75) is 19.4 Å². The Morgan fingerprint density at radius 2 is 1.85 bits per heavy atom. The van der Waals surface area contributed by atoms with E-state index < -0.39 is 0 Å². The Bertz CT molecular complexity index is 586. The maximum absolute atomic E-state index is 6.33. The van der Waals surface area contributed by atoms with E-state index in [4.69, 9.17) is 33.7 Å². The van der Waals surface area contributed by atoms with Crippen LogP contribution in [0.4, 0.5) is 0 Å². The Morgan fingerprint density at radius 1 is 1.10 bits per heavy atom. The number of para-hydroxylation sites is 1. The lowest BCUT2D eigenvalue weighted by molar-refractivity contribution is 0.313. The molecule has 2 aromatic carbocycles. The van der Waals surface area contributed by atoms with Gasteiger partial charge in [0.2, 0.25) is 0 Å². The van der Waals surface area contributed by atoms with Gasteiger partial charge in [-0.15, -0.1) is 0 Å². The average Bonchev–Trinajstić information content (AvgIpc) is 2.45. The average molecular weight is 310 g/mol. The van der Waals surface area contributed by atoms with Crippen molar-refractivity contribution >= 4 is 23.2 Å². The molecule has 0 aliphatic rings. The molecule has 1 atom stereocenters. The van der Waals surface area contributed by atoms with Crippen LogP contribution in [0.5, 0.6) is 5.75 Å². The fourth-order valence-electron chi connectivity index (χ4n) is 2.00. The summed E-state index contributed by atoms with van der Waals surface area (Å²) in [7, 11) is 0. The van der Waals surface area contributed by atoms with Gasteiger partial charge in [-0.3, -0.25) is 0 Å². The maximum Gasteiger partial charge on any atom is 0.124 e. The van der Waals surface area contributed by atoms with E-state index in [2.05, 4.69) is 6.92 Å². The summed E-state index contributed by atoms with van der Waals surface area (Å²) in [5, 5.41) is 1.16. The second kappa shape index (κ2) is 6.98. The summed E-state index contributed by atoms with van der Waals surface area (Å²) in [4.78, 5) is 0. The van der Waals surface area contributed by atoms with Crippen molar-refractivity contribution in [3.05, 3.63) is 63.6 Å². The van der Waals surface area contributed by atoms with Gasteiger partial charge in [0.1, 0.15) is 5.75 Å². The van der Waals surface area contributed by atoms with E-state index in [1.54, 1.807) is 12.1 Å². The second-order valence-corrected chi connectivity index (χ2v) is 5.37. The summed E-state index contributed by atoms with van der Waals surface area (Å²) < 4.78 is 5.74. The van der Waals surface area contributed by atoms with Gasteiger partial charge in [-0.2, -0.15) is 0 Å². The standard InChI is InChI=1S/C16H17Cl2NO/c1-2-9-20-15-6-4-3-5-13(15)16(19)12-8-7-11(17)10-14(12)18/h3-8,10,16H,2,9,19H2,1H3. The highest BCUT2D eigenvalue weighted by Gasteiger charge is 2.16. The van der Waals surface area contributed by atoms with Crippen LogP contribution >= 0.6 is 23.2 Å². The first-order chi connectivity index (χ1) is 9.63. The minimum absolute atomic E-state index is 0.340. The van der Waals surface area contributed by atoms with Crippen LogP contribution < -0.4 is 10.5 Å². The molecule has 2 aromatic rings. The summed E-state index contributed by atoms with van der Waals surface area (Å²) in [6, 6.07) is 12.8. The molecule has 0 aliphatic carbocycles. The lowest BCUT2D eigenvalue weighted by atomic mass is 9.98. The van der Waals surface area contributed by atoms with E-state index in [1.807, 2.05) is 30.3 Å². The van der Waals surface area contributed by atoms with Crippen LogP contribution in [0.15, 0.2) is 42.5 Å². The Balaban J connectivity index is 2.35. The van der Waals surface area contributed by atoms with Crippen LogP contribution in [-0.2, 0) is 0 Å². The topological polar surface area (TPSA) is 35.2 Å². The van der Waals surface area contributed by atoms with E-state index in [1.165, 1.54) is 0 Å². The zero-order chi connectivity index (χ0) is 14.5. The Morgan fingerprint density at radius 3 is 2.55 bits per heavy atom. The molecule has 4 heteroatoms. The fraction of sp³-hybridized carbons (Fsp3) is 0.250. The van der Waals surface area contributed by atoms with Gasteiger partial charge in [0, 0.05) is 15.6 Å². The van der Waals surface area contributed by atoms with E-state index >= 15 is 0 Å². The lowest BCUT2D eigenvalue weighted by Gasteiger charge is -2.18. The highest BCUT2D eigenvalue weighted by Crippen LogP contribution is 2.33. The number of ether oxygens (including phenoxy) is 1. The third-order valence-electron chi connectivity index (χ3n) is 3.01. The molecule has 2 N–H and O–H groups in total. The number of hydrogen-bond acceptors (Lipinski definition) is 2. The summed E-state index contributed by atoms with van der Waals surface area (Å²) in [6.45, 7) is 2.73. The Hall–Kier alpha value is -1.22. The molecule has 2 rings (SSSR count). The molecule has 0 spiro atoms. The highest BCUT2D eigenvalue weighted by atomic mass is 35.5. The first kappa shape index (κ1) is 15.2. The van der Waals surface area contributed by atoms with Crippen molar-refractivity contribution in [1.29, 1.82) is 0 Å². The van der Waals surface area contributed by atoms with E-state index in [9.17, 15) is 0 Å². The molecular weight excluding hydrogens is 293 g/mol.